The summed E-state index contributed by atoms with van der Waals surface area (Å²) < 4.78 is 12.2. The van der Waals surface area contributed by atoms with Crippen LogP contribution in [0.25, 0.3) is 10.2 Å². The molecule has 144 valence electrons. The molecule has 2 aliphatic heterocycles. The van der Waals surface area contributed by atoms with E-state index >= 15 is 0 Å². The third kappa shape index (κ3) is 3.72. The van der Waals surface area contributed by atoms with Crippen LogP contribution in [0.3, 0.4) is 0 Å². The van der Waals surface area contributed by atoms with Gasteiger partial charge in [0.05, 0.1) is 22.5 Å². The van der Waals surface area contributed by atoms with Crippen LogP contribution in [0, 0.1) is 0 Å². The number of amides is 1. The van der Waals surface area contributed by atoms with Crippen molar-refractivity contribution in [1.82, 2.24) is 9.88 Å². The van der Waals surface area contributed by atoms with E-state index in [1.807, 2.05) is 32.9 Å². The summed E-state index contributed by atoms with van der Waals surface area (Å²) in [5, 5.41) is 4.07. The first-order valence-electron chi connectivity index (χ1n) is 9.09. The molecule has 1 amide bonds. The van der Waals surface area contributed by atoms with Gasteiger partial charge in [-0.15, -0.1) is 0 Å². The number of carbonyl (C=O) groups excluding carboxylic acids is 1. The Labute approximate surface area is 162 Å². The smallest absolute Gasteiger partial charge is 0.414 e. The summed E-state index contributed by atoms with van der Waals surface area (Å²) in [5.74, 6) is 0.920. The fraction of sp³-hybridized carbons (Fsp3) is 0.474. The van der Waals surface area contributed by atoms with Crippen LogP contribution >= 0.6 is 11.3 Å². The van der Waals surface area contributed by atoms with Crippen LogP contribution in [-0.2, 0) is 11.2 Å². The Morgan fingerprint density at radius 2 is 2.26 bits per heavy atom. The topological polar surface area (TPSA) is 89.7 Å². The lowest BCUT2D eigenvalue weighted by atomic mass is 10.1. The monoisotopic (exact) mass is 388 g/mol. The Balaban J connectivity index is 1.57. The molecular formula is C19H24N4O3S. The van der Waals surface area contributed by atoms with Crippen LogP contribution in [0.1, 0.15) is 32.8 Å². The van der Waals surface area contributed by atoms with Crippen molar-refractivity contribution in [1.29, 1.82) is 0 Å². The molecule has 0 aliphatic carbocycles. The molecule has 2 aliphatic rings. The minimum atomic E-state index is -0.534. The number of nitrogens with two attached hydrogens (primary N) is 1. The zero-order valence-electron chi connectivity index (χ0n) is 15.7. The molecule has 27 heavy (non-hydrogen) atoms. The SMILES string of the molecule is CC(C)(C)OC(=O)N1C=C(Nc2nc3c4c(ccc3s2)OCC4)C(N)CC1. The summed E-state index contributed by atoms with van der Waals surface area (Å²) in [6.45, 7) is 6.80. The van der Waals surface area contributed by atoms with Crippen LogP contribution in [0.15, 0.2) is 24.0 Å². The van der Waals surface area contributed by atoms with Crippen molar-refractivity contribution < 1.29 is 14.3 Å². The number of benzene rings is 1. The highest BCUT2D eigenvalue weighted by Crippen LogP contribution is 2.37. The molecule has 0 bridgehead atoms. The first kappa shape index (κ1) is 18.1. The van der Waals surface area contributed by atoms with E-state index in [1.165, 1.54) is 0 Å². The lowest BCUT2D eigenvalue weighted by molar-refractivity contribution is 0.0322. The van der Waals surface area contributed by atoms with Gasteiger partial charge in [0, 0.05) is 30.8 Å². The summed E-state index contributed by atoms with van der Waals surface area (Å²) >= 11 is 1.57. The Morgan fingerprint density at radius 3 is 3.04 bits per heavy atom. The number of thiazole rings is 1. The van der Waals surface area contributed by atoms with Gasteiger partial charge in [-0.1, -0.05) is 11.3 Å². The molecule has 3 N–H and O–H groups in total. The van der Waals surface area contributed by atoms with Crippen LogP contribution in [-0.4, -0.2) is 40.8 Å². The molecule has 1 atom stereocenters. The van der Waals surface area contributed by atoms with Crippen LogP contribution in [0.2, 0.25) is 0 Å². The van der Waals surface area contributed by atoms with E-state index in [1.54, 1.807) is 22.4 Å². The van der Waals surface area contributed by atoms with Crippen molar-refractivity contribution in [2.45, 2.75) is 45.3 Å². The van der Waals surface area contributed by atoms with Crippen molar-refractivity contribution >= 4 is 32.8 Å². The Hall–Kier alpha value is -2.32. The standard InChI is InChI=1S/C19H24N4O3S/c1-19(2,3)26-18(24)23-8-6-12(20)13(10-23)21-17-22-16-11-7-9-25-14(11)4-5-15(16)27-17/h4-5,10,12H,6-9,20H2,1-3H3,(H,21,22). The maximum atomic E-state index is 12.4. The Bertz CT molecular complexity index is 916. The summed E-state index contributed by atoms with van der Waals surface area (Å²) in [4.78, 5) is 18.7. The van der Waals surface area contributed by atoms with E-state index in [9.17, 15) is 4.79 Å². The third-order valence-corrected chi connectivity index (χ3v) is 5.42. The highest BCUT2D eigenvalue weighted by molar-refractivity contribution is 7.22. The number of hydrogen-bond donors (Lipinski definition) is 2. The van der Waals surface area contributed by atoms with E-state index in [0.717, 1.165) is 38.8 Å². The predicted octanol–water partition coefficient (Wildman–Crippen LogP) is 3.45. The van der Waals surface area contributed by atoms with E-state index in [4.69, 9.17) is 20.2 Å². The highest BCUT2D eigenvalue weighted by Gasteiger charge is 2.27. The molecule has 0 radical (unpaired) electrons. The van der Waals surface area contributed by atoms with E-state index in [0.29, 0.717) is 19.6 Å². The largest absolute Gasteiger partial charge is 0.493 e. The second kappa shape index (κ2) is 6.69. The molecule has 2 aromatic rings. The van der Waals surface area contributed by atoms with Gasteiger partial charge in [0.2, 0.25) is 0 Å². The maximum Gasteiger partial charge on any atom is 0.414 e. The first-order valence-corrected chi connectivity index (χ1v) is 9.91. The molecule has 0 saturated carbocycles. The fourth-order valence-corrected chi connectivity index (χ4v) is 4.11. The van der Waals surface area contributed by atoms with E-state index < -0.39 is 5.60 Å². The van der Waals surface area contributed by atoms with Crippen LogP contribution < -0.4 is 15.8 Å². The van der Waals surface area contributed by atoms with Gasteiger partial charge in [0.25, 0.3) is 0 Å². The number of rotatable bonds is 2. The molecular weight excluding hydrogens is 364 g/mol. The van der Waals surface area contributed by atoms with E-state index in [-0.39, 0.29) is 12.1 Å². The third-order valence-electron chi connectivity index (χ3n) is 4.49. The van der Waals surface area contributed by atoms with Gasteiger partial charge in [-0.25, -0.2) is 9.78 Å². The number of aromatic nitrogens is 1. The Kier molecular flexibility index (Phi) is 4.47. The molecule has 8 heteroatoms. The number of nitrogens with one attached hydrogen (secondary N) is 1. The lowest BCUT2D eigenvalue weighted by Gasteiger charge is -2.31. The molecule has 1 aromatic carbocycles. The summed E-state index contributed by atoms with van der Waals surface area (Å²) in [6.07, 6.45) is 2.91. The van der Waals surface area contributed by atoms with Crippen molar-refractivity contribution in [2.75, 3.05) is 18.5 Å². The number of fused-ring (bicyclic) bond motifs is 3. The average molecular weight is 388 g/mol. The quantitative estimate of drug-likeness (QED) is 0.819. The molecule has 1 aromatic heterocycles. The molecule has 1 unspecified atom stereocenters. The zero-order valence-corrected chi connectivity index (χ0v) is 16.6. The summed E-state index contributed by atoms with van der Waals surface area (Å²) in [7, 11) is 0. The van der Waals surface area contributed by atoms with Crippen molar-refractivity contribution in [3.8, 4) is 5.75 Å². The second-order valence-corrected chi connectivity index (χ2v) is 8.82. The molecule has 0 spiro atoms. The molecule has 3 heterocycles. The highest BCUT2D eigenvalue weighted by atomic mass is 32.1. The molecule has 0 fully saturated rings. The van der Waals surface area contributed by atoms with Gasteiger partial charge in [0.15, 0.2) is 5.13 Å². The molecule has 4 rings (SSSR count). The van der Waals surface area contributed by atoms with Gasteiger partial charge in [0.1, 0.15) is 11.4 Å². The van der Waals surface area contributed by atoms with Gasteiger partial charge < -0.3 is 20.5 Å². The summed E-state index contributed by atoms with van der Waals surface area (Å²) in [6, 6.07) is 3.86. The zero-order chi connectivity index (χ0) is 19.2. The number of anilines is 1. The second-order valence-electron chi connectivity index (χ2n) is 7.78. The van der Waals surface area contributed by atoms with Gasteiger partial charge in [-0.2, -0.15) is 0 Å². The van der Waals surface area contributed by atoms with Gasteiger partial charge in [-0.05, 0) is 39.3 Å². The van der Waals surface area contributed by atoms with Crippen molar-refractivity contribution in [3.63, 3.8) is 0 Å². The first-order chi connectivity index (χ1) is 12.8. The minimum absolute atomic E-state index is 0.176. The number of ether oxygens (including phenoxy) is 2. The lowest BCUT2D eigenvalue weighted by Crippen LogP contribution is -2.42. The predicted molar refractivity (Wildman–Crippen MR) is 106 cm³/mol. The molecule has 7 nitrogen and oxygen atoms in total. The fourth-order valence-electron chi connectivity index (χ4n) is 3.20. The molecule has 0 saturated heterocycles. The summed E-state index contributed by atoms with van der Waals surface area (Å²) in [5.41, 5.74) is 8.62. The Morgan fingerprint density at radius 1 is 1.44 bits per heavy atom. The van der Waals surface area contributed by atoms with Crippen molar-refractivity contribution in [2.24, 2.45) is 5.73 Å². The van der Waals surface area contributed by atoms with E-state index in [2.05, 4.69) is 5.32 Å². The van der Waals surface area contributed by atoms with Crippen LogP contribution in [0.4, 0.5) is 9.93 Å². The number of hydrogen-bond acceptors (Lipinski definition) is 7. The average Bonchev–Trinajstić information content (AvgIpc) is 3.20. The van der Waals surface area contributed by atoms with Crippen molar-refractivity contribution in [3.05, 3.63) is 29.6 Å². The normalized spacial score (nSPS) is 19.5. The van der Waals surface area contributed by atoms with Gasteiger partial charge >= 0.3 is 6.09 Å². The minimum Gasteiger partial charge on any atom is -0.493 e. The number of carbonyl (C=O) groups is 1. The maximum absolute atomic E-state index is 12.4. The van der Waals surface area contributed by atoms with Crippen LogP contribution in [0.5, 0.6) is 5.75 Å². The number of nitrogens with zero attached hydrogens (tertiary/aromatic N) is 2. The van der Waals surface area contributed by atoms with Gasteiger partial charge in [-0.3, -0.25) is 4.90 Å².